The van der Waals surface area contributed by atoms with Gasteiger partial charge in [-0.1, -0.05) is 73.9 Å². The van der Waals surface area contributed by atoms with Crippen LogP contribution in [0, 0.1) is 5.92 Å². The van der Waals surface area contributed by atoms with E-state index in [-0.39, 0.29) is 36.1 Å². The van der Waals surface area contributed by atoms with Crippen molar-refractivity contribution in [3.8, 4) is 22.4 Å². The van der Waals surface area contributed by atoms with Gasteiger partial charge >= 0.3 is 0 Å². The number of nitrogens with zero attached hydrogens (tertiary/aromatic N) is 2. The lowest BCUT2D eigenvalue weighted by Gasteiger charge is -2.24. The smallest absolute Gasteiger partial charge is 0.223 e. The predicted octanol–water partition coefficient (Wildman–Crippen LogP) is 4.45. The third kappa shape index (κ3) is 4.86. The number of aromatic nitrogens is 2. The minimum Gasteiger partial charge on any atom is -0.371 e. The molecule has 3 aliphatic rings. The monoisotopic (exact) mass is 484 g/mol. The second-order valence-corrected chi connectivity index (χ2v) is 10.0. The largest absolute Gasteiger partial charge is 0.371 e. The molecule has 4 atom stereocenters. The number of anilines is 1. The van der Waals surface area contributed by atoms with Crippen LogP contribution < -0.4 is 10.6 Å². The quantitative estimate of drug-likeness (QED) is 0.538. The topological polar surface area (TPSA) is 85.4 Å². The summed E-state index contributed by atoms with van der Waals surface area (Å²) in [6.07, 6.45) is 6.98. The maximum Gasteiger partial charge on any atom is 0.223 e. The first kappa shape index (κ1) is 23.1. The maximum atomic E-state index is 12.7. The Hall–Kier alpha value is -3.29. The molecule has 2 N–H and O–H groups in total. The number of rotatable bonds is 6. The summed E-state index contributed by atoms with van der Waals surface area (Å²) < 4.78 is 12.1. The zero-order valence-electron chi connectivity index (χ0n) is 20.3. The second-order valence-electron chi connectivity index (χ2n) is 10.0. The van der Waals surface area contributed by atoms with Crippen LogP contribution in [0.4, 0.5) is 5.95 Å². The van der Waals surface area contributed by atoms with E-state index in [0.29, 0.717) is 19.2 Å². The number of carbonyl (C=O) groups excluding carboxylic acids is 1. The van der Waals surface area contributed by atoms with Gasteiger partial charge in [-0.15, -0.1) is 0 Å². The van der Waals surface area contributed by atoms with Crippen LogP contribution in [0.25, 0.3) is 22.4 Å². The van der Waals surface area contributed by atoms with E-state index in [9.17, 15) is 4.79 Å². The van der Waals surface area contributed by atoms with Gasteiger partial charge in [-0.05, 0) is 30.0 Å². The van der Waals surface area contributed by atoms with E-state index in [1.54, 1.807) is 6.20 Å². The highest BCUT2D eigenvalue weighted by Crippen LogP contribution is 2.31. The fourth-order valence-electron chi connectivity index (χ4n) is 5.63. The Bertz CT molecular complexity index is 1180. The highest BCUT2D eigenvalue weighted by molar-refractivity contribution is 5.79. The summed E-state index contributed by atoms with van der Waals surface area (Å²) in [4.78, 5) is 21.9. The summed E-state index contributed by atoms with van der Waals surface area (Å²) >= 11 is 0. The van der Waals surface area contributed by atoms with Gasteiger partial charge in [0.25, 0.3) is 0 Å². The molecule has 0 spiro atoms. The lowest BCUT2D eigenvalue weighted by Crippen LogP contribution is -2.47. The normalized spacial score (nSPS) is 25.9. The first-order valence-corrected chi connectivity index (χ1v) is 13.0. The van der Waals surface area contributed by atoms with Crippen LogP contribution in [0.2, 0.25) is 0 Å². The predicted molar refractivity (Wildman–Crippen MR) is 138 cm³/mol. The fraction of sp³-hybridized carbons (Fsp3) is 0.414. The third-order valence-corrected chi connectivity index (χ3v) is 7.61. The van der Waals surface area contributed by atoms with Crippen LogP contribution in [0.15, 0.2) is 66.9 Å². The Kier molecular flexibility index (Phi) is 6.66. The molecular formula is C29H32N4O3. The van der Waals surface area contributed by atoms with Gasteiger partial charge in [0.15, 0.2) is 0 Å². The van der Waals surface area contributed by atoms with Crippen molar-refractivity contribution < 1.29 is 14.3 Å². The zero-order valence-corrected chi connectivity index (χ0v) is 20.3. The van der Waals surface area contributed by atoms with Crippen molar-refractivity contribution in [3.05, 3.63) is 66.9 Å². The Balaban J connectivity index is 1.09. The first-order chi connectivity index (χ1) is 17.7. The van der Waals surface area contributed by atoms with Gasteiger partial charge in [-0.2, -0.15) is 0 Å². The number of amides is 1. The van der Waals surface area contributed by atoms with Gasteiger partial charge in [0, 0.05) is 17.7 Å². The molecule has 1 aliphatic carbocycles. The lowest BCUT2D eigenvalue weighted by atomic mass is 9.88. The fourth-order valence-corrected chi connectivity index (χ4v) is 5.63. The molecule has 1 aromatic heterocycles. The van der Waals surface area contributed by atoms with Gasteiger partial charge in [-0.25, -0.2) is 9.97 Å². The van der Waals surface area contributed by atoms with Crippen LogP contribution >= 0.6 is 0 Å². The molecule has 7 nitrogen and oxygen atoms in total. The molecular weight excluding hydrogens is 452 g/mol. The number of nitrogens with one attached hydrogen (secondary N) is 2. The summed E-state index contributed by atoms with van der Waals surface area (Å²) in [5.74, 6) is 0.830. The van der Waals surface area contributed by atoms with E-state index < -0.39 is 0 Å². The molecule has 3 aromatic rings. The minimum absolute atomic E-state index is 0.0673. The summed E-state index contributed by atoms with van der Waals surface area (Å²) in [6, 6.07) is 20.5. The van der Waals surface area contributed by atoms with Gasteiger partial charge in [0.1, 0.15) is 12.2 Å². The molecule has 2 aliphatic heterocycles. The molecule has 3 heterocycles. The molecule has 2 aromatic carbocycles. The molecule has 2 saturated heterocycles. The molecule has 3 fully saturated rings. The van der Waals surface area contributed by atoms with E-state index in [4.69, 9.17) is 14.5 Å². The summed E-state index contributed by atoms with van der Waals surface area (Å²) in [5.41, 5.74) is 4.25. The first-order valence-electron chi connectivity index (χ1n) is 13.0. The Morgan fingerprint density at radius 2 is 1.44 bits per heavy atom. The highest BCUT2D eigenvalue weighted by atomic mass is 16.6. The lowest BCUT2D eigenvalue weighted by molar-refractivity contribution is -0.127. The summed E-state index contributed by atoms with van der Waals surface area (Å²) in [7, 11) is 0. The molecule has 7 heteroatoms. The van der Waals surface area contributed by atoms with E-state index >= 15 is 0 Å². The maximum absolute atomic E-state index is 12.7. The van der Waals surface area contributed by atoms with Crippen molar-refractivity contribution in [2.45, 2.75) is 56.4 Å². The summed E-state index contributed by atoms with van der Waals surface area (Å²) in [6.45, 7) is 0.963. The van der Waals surface area contributed by atoms with Crippen molar-refractivity contribution >= 4 is 11.9 Å². The number of hydrogen-bond acceptors (Lipinski definition) is 6. The molecule has 0 bridgehead atoms. The summed E-state index contributed by atoms with van der Waals surface area (Å²) in [5, 5.41) is 6.62. The van der Waals surface area contributed by atoms with Crippen molar-refractivity contribution in [1.82, 2.24) is 15.3 Å². The average molecular weight is 485 g/mol. The molecule has 36 heavy (non-hydrogen) atoms. The van der Waals surface area contributed by atoms with E-state index in [1.165, 1.54) is 17.5 Å². The standard InChI is InChI=1S/C29H32N4O3/c34-28(22-9-5-2-6-10-22)31-24-17-35-27-25(18-36-26(24)27)33-29-30-16-15-23(32-29)21-13-11-20(12-14-21)19-7-3-1-4-8-19/h1,3-4,7-8,11-16,22,24-27H,2,5-6,9-10,17-18H2,(H,31,34)(H,30,32,33)/t24-,25-,26+,27+/m0/s1. The van der Waals surface area contributed by atoms with E-state index in [2.05, 4.69) is 52.0 Å². The van der Waals surface area contributed by atoms with Crippen LogP contribution in [-0.2, 0) is 14.3 Å². The van der Waals surface area contributed by atoms with Gasteiger partial charge in [-0.3, -0.25) is 4.79 Å². The number of benzene rings is 2. The van der Waals surface area contributed by atoms with Gasteiger partial charge in [0.2, 0.25) is 11.9 Å². The number of fused-ring (bicyclic) bond motifs is 1. The second kappa shape index (κ2) is 10.4. The number of ether oxygens (including phenoxy) is 2. The van der Waals surface area contributed by atoms with Crippen LogP contribution in [0.3, 0.4) is 0 Å². The number of hydrogen-bond donors (Lipinski definition) is 2. The Labute approximate surface area is 211 Å². The average Bonchev–Trinajstić information content (AvgIpc) is 3.53. The van der Waals surface area contributed by atoms with E-state index in [0.717, 1.165) is 36.9 Å². The molecule has 6 rings (SSSR count). The molecule has 0 radical (unpaired) electrons. The highest BCUT2D eigenvalue weighted by Gasteiger charge is 2.48. The van der Waals surface area contributed by atoms with Crippen molar-refractivity contribution in [2.24, 2.45) is 5.92 Å². The molecule has 1 amide bonds. The van der Waals surface area contributed by atoms with Crippen LogP contribution in [0.1, 0.15) is 32.1 Å². The Morgan fingerprint density at radius 1 is 0.778 bits per heavy atom. The van der Waals surface area contributed by atoms with Crippen molar-refractivity contribution in [1.29, 1.82) is 0 Å². The van der Waals surface area contributed by atoms with Gasteiger partial charge in [0.05, 0.1) is 31.0 Å². The Morgan fingerprint density at radius 3 is 2.22 bits per heavy atom. The molecule has 1 saturated carbocycles. The SMILES string of the molecule is O=C(N[C@H]1CO[C@H]2[C@@H]1OC[C@@H]2Nc1nccc(-c2ccc(-c3ccccc3)cc2)n1)C1CCCCC1. The third-order valence-electron chi connectivity index (χ3n) is 7.61. The van der Waals surface area contributed by atoms with E-state index in [1.807, 2.05) is 24.3 Å². The van der Waals surface area contributed by atoms with Crippen molar-refractivity contribution in [2.75, 3.05) is 18.5 Å². The molecule has 186 valence electrons. The van der Waals surface area contributed by atoms with Crippen LogP contribution in [-0.4, -0.2) is 53.4 Å². The molecule has 0 unspecified atom stereocenters. The van der Waals surface area contributed by atoms with Gasteiger partial charge < -0.3 is 20.1 Å². The van der Waals surface area contributed by atoms with Crippen molar-refractivity contribution in [3.63, 3.8) is 0 Å². The number of carbonyl (C=O) groups is 1. The minimum atomic E-state index is -0.149. The van der Waals surface area contributed by atoms with Crippen LogP contribution in [0.5, 0.6) is 0 Å². The zero-order chi connectivity index (χ0) is 24.3.